The highest BCUT2D eigenvalue weighted by atomic mass is 32.2. The standard InChI is InChI=1S/C21H29BO5S/c1-3-7-15(12-17-8-5-6-9-18(17)23)10-11-19-21-16(4-2)14-28(25,26)20(21)13-22(24)27-19/h5-6,8-9,12,19-20,23-24H,3-4,7,10-11,13-14H2,1-2H3/b15-12+/t19-,20+/m1/s1. The molecule has 1 aromatic rings. The Labute approximate surface area is 168 Å². The summed E-state index contributed by atoms with van der Waals surface area (Å²) in [6.07, 6.45) is 5.69. The van der Waals surface area contributed by atoms with Crippen LogP contribution in [-0.2, 0) is 14.5 Å². The second kappa shape index (κ2) is 8.85. The fraction of sp³-hybridized carbons (Fsp3) is 0.524. The van der Waals surface area contributed by atoms with E-state index in [1.54, 1.807) is 12.1 Å². The van der Waals surface area contributed by atoms with Gasteiger partial charge in [0.15, 0.2) is 9.84 Å². The minimum Gasteiger partial charge on any atom is -0.507 e. The van der Waals surface area contributed by atoms with Crippen molar-refractivity contribution >= 4 is 23.0 Å². The van der Waals surface area contributed by atoms with Crippen molar-refractivity contribution in [3.63, 3.8) is 0 Å². The molecule has 0 aromatic heterocycles. The Morgan fingerprint density at radius 1 is 1.29 bits per heavy atom. The van der Waals surface area contributed by atoms with Crippen molar-refractivity contribution in [2.24, 2.45) is 0 Å². The number of allylic oxidation sites excluding steroid dienone is 1. The lowest BCUT2D eigenvalue weighted by Crippen LogP contribution is -2.41. The summed E-state index contributed by atoms with van der Waals surface area (Å²) in [7, 11) is -4.28. The normalized spacial score (nSPS) is 24.5. The number of fused-ring (bicyclic) bond motifs is 1. The fourth-order valence-electron chi connectivity index (χ4n) is 4.32. The summed E-state index contributed by atoms with van der Waals surface area (Å²) in [5.41, 5.74) is 3.80. The molecule has 0 amide bonds. The Hall–Kier alpha value is -1.57. The van der Waals surface area contributed by atoms with Crippen LogP contribution in [0.1, 0.15) is 51.5 Å². The number of benzene rings is 1. The predicted molar refractivity (Wildman–Crippen MR) is 113 cm³/mol. The Morgan fingerprint density at radius 3 is 2.71 bits per heavy atom. The lowest BCUT2D eigenvalue weighted by Gasteiger charge is -2.32. The summed E-state index contributed by atoms with van der Waals surface area (Å²) in [5, 5.41) is 19.5. The number of hydrogen-bond acceptors (Lipinski definition) is 5. The van der Waals surface area contributed by atoms with E-state index in [4.69, 9.17) is 4.65 Å². The van der Waals surface area contributed by atoms with E-state index in [2.05, 4.69) is 6.92 Å². The number of rotatable bonds is 7. The second-order valence-corrected chi connectivity index (χ2v) is 9.86. The summed E-state index contributed by atoms with van der Waals surface area (Å²) in [4.78, 5) is 0. The molecule has 152 valence electrons. The van der Waals surface area contributed by atoms with Gasteiger partial charge in [0.25, 0.3) is 0 Å². The average Bonchev–Trinajstić information content (AvgIpc) is 2.92. The molecule has 2 atom stereocenters. The Bertz CT molecular complexity index is 875. The quantitative estimate of drug-likeness (QED) is 0.534. The van der Waals surface area contributed by atoms with E-state index in [-0.39, 0.29) is 23.9 Å². The zero-order valence-electron chi connectivity index (χ0n) is 16.6. The van der Waals surface area contributed by atoms with E-state index in [1.165, 1.54) is 5.57 Å². The summed E-state index contributed by atoms with van der Waals surface area (Å²) >= 11 is 0. The third kappa shape index (κ3) is 4.53. The van der Waals surface area contributed by atoms with Gasteiger partial charge in [-0.25, -0.2) is 8.42 Å². The molecule has 7 heteroatoms. The van der Waals surface area contributed by atoms with Crippen LogP contribution in [0.15, 0.2) is 41.0 Å². The van der Waals surface area contributed by atoms with Gasteiger partial charge in [0.1, 0.15) is 5.75 Å². The summed E-state index contributed by atoms with van der Waals surface area (Å²) in [5.74, 6) is 0.337. The third-order valence-electron chi connectivity index (χ3n) is 5.67. The van der Waals surface area contributed by atoms with Crippen LogP contribution in [0, 0.1) is 0 Å². The highest BCUT2D eigenvalue weighted by Gasteiger charge is 2.47. The van der Waals surface area contributed by atoms with Gasteiger partial charge in [-0.3, -0.25) is 0 Å². The van der Waals surface area contributed by atoms with Crippen molar-refractivity contribution in [1.29, 1.82) is 0 Å². The van der Waals surface area contributed by atoms with Crippen molar-refractivity contribution in [2.45, 2.75) is 63.6 Å². The topological polar surface area (TPSA) is 83.8 Å². The molecule has 1 saturated heterocycles. The first-order valence-electron chi connectivity index (χ1n) is 10.1. The van der Waals surface area contributed by atoms with Crippen molar-refractivity contribution in [1.82, 2.24) is 0 Å². The average molecular weight is 404 g/mol. The fourth-order valence-corrected chi connectivity index (χ4v) is 6.55. The van der Waals surface area contributed by atoms with Crippen molar-refractivity contribution < 1.29 is 23.2 Å². The molecule has 2 aliphatic heterocycles. The number of phenols is 1. The van der Waals surface area contributed by atoms with Gasteiger partial charge >= 0.3 is 7.12 Å². The Morgan fingerprint density at radius 2 is 2.04 bits per heavy atom. The van der Waals surface area contributed by atoms with Gasteiger partial charge in [-0.15, -0.1) is 0 Å². The van der Waals surface area contributed by atoms with E-state index >= 15 is 0 Å². The lowest BCUT2D eigenvalue weighted by molar-refractivity contribution is 0.169. The number of aromatic hydroxyl groups is 1. The third-order valence-corrected chi connectivity index (χ3v) is 7.73. The monoisotopic (exact) mass is 404 g/mol. The molecular formula is C21H29BO5S. The maximum absolute atomic E-state index is 12.5. The van der Waals surface area contributed by atoms with Gasteiger partial charge in [-0.2, -0.15) is 0 Å². The number of sulfone groups is 1. The van der Waals surface area contributed by atoms with Crippen LogP contribution in [0.4, 0.5) is 0 Å². The molecule has 3 rings (SSSR count). The van der Waals surface area contributed by atoms with Crippen LogP contribution in [-0.4, -0.2) is 42.8 Å². The molecule has 28 heavy (non-hydrogen) atoms. The summed E-state index contributed by atoms with van der Waals surface area (Å²) < 4.78 is 30.8. The highest BCUT2D eigenvalue weighted by Crippen LogP contribution is 2.40. The Kier molecular flexibility index (Phi) is 6.68. The van der Waals surface area contributed by atoms with Crippen LogP contribution in [0.3, 0.4) is 0 Å². The van der Waals surface area contributed by atoms with Crippen LogP contribution in [0.5, 0.6) is 5.75 Å². The first-order valence-corrected chi connectivity index (χ1v) is 11.8. The molecule has 5 nitrogen and oxygen atoms in total. The van der Waals surface area contributed by atoms with Gasteiger partial charge < -0.3 is 14.8 Å². The smallest absolute Gasteiger partial charge is 0.456 e. The van der Waals surface area contributed by atoms with E-state index < -0.39 is 22.2 Å². The molecule has 0 spiro atoms. The summed E-state index contributed by atoms with van der Waals surface area (Å²) in [6, 6.07) is 7.23. The maximum Gasteiger partial charge on any atom is 0.456 e. The number of phenolic OH excluding ortho intramolecular Hbond substituents is 1. The van der Waals surface area contributed by atoms with E-state index in [0.717, 1.165) is 36.0 Å². The summed E-state index contributed by atoms with van der Waals surface area (Å²) in [6.45, 7) is 4.08. The molecule has 2 heterocycles. The molecule has 0 aliphatic carbocycles. The molecular weight excluding hydrogens is 375 g/mol. The Balaban J connectivity index is 1.81. The molecule has 0 unspecified atom stereocenters. The van der Waals surface area contributed by atoms with E-state index in [0.29, 0.717) is 12.8 Å². The zero-order valence-corrected chi connectivity index (χ0v) is 17.4. The van der Waals surface area contributed by atoms with Crippen molar-refractivity contribution in [3.8, 4) is 5.75 Å². The molecule has 1 fully saturated rings. The largest absolute Gasteiger partial charge is 0.507 e. The molecule has 0 bridgehead atoms. The molecule has 1 aromatic carbocycles. The second-order valence-electron chi connectivity index (χ2n) is 7.67. The highest BCUT2D eigenvalue weighted by molar-refractivity contribution is 7.92. The van der Waals surface area contributed by atoms with Gasteiger partial charge in [0, 0.05) is 11.9 Å². The molecule has 0 saturated carbocycles. The van der Waals surface area contributed by atoms with Crippen LogP contribution >= 0.6 is 0 Å². The lowest BCUT2D eigenvalue weighted by atomic mass is 9.74. The molecule has 2 N–H and O–H groups in total. The van der Waals surface area contributed by atoms with Crippen molar-refractivity contribution in [2.75, 3.05) is 5.75 Å². The van der Waals surface area contributed by atoms with Crippen LogP contribution in [0.2, 0.25) is 6.32 Å². The van der Waals surface area contributed by atoms with Gasteiger partial charge in [-0.05, 0) is 37.3 Å². The maximum atomic E-state index is 12.5. The van der Waals surface area contributed by atoms with Crippen LogP contribution < -0.4 is 0 Å². The molecule has 0 radical (unpaired) electrons. The minimum absolute atomic E-state index is 0.0889. The number of hydrogen-bond donors (Lipinski definition) is 2. The van der Waals surface area contributed by atoms with Gasteiger partial charge in [-0.1, -0.05) is 55.7 Å². The van der Waals surface area contributed by atoms with Gasteiger partial charge in [0.05, 0.1) is 17.1 Å². The van der Waals surface area contributed by atoms with E-state index in [9.17, 15) is 18.5 Å². The van der Waals surface area contributed by atoms with Gasteiger partial charge in [0.2, 0.25) is 0 Å². The van der Waals surface area contributed by atoms with E-state index in [1.807, 2.05) is 25.1 Å². The first kappa shape index (κ1) is 21.2. The SMILES string of the molecule is CCC/C(=C\c1ccccc1O)CC[C@H]1OB(O)C[C@H]2C1=C(CC)CS2(=O)=O. The minimum atomic E-state index is -3.24. The predicted octanol–water partition coefficient (Wildman–Crippen LogP) is 3.74. The number of para-hydroxylation sites is 1. The van der Waals surface area contributed by atoms with Crippen molar-refractivity contribution in [3.05, 3.63) is 46.5 Å². The first-order chi connectivity index (χ1) is 13.4. The van der Waals surface area contributed by atoms with Crippen LogP contribution in [0.25, 0.3) is 6.08 Å². The molecule has 2 aliphatic rings. The zero-order chi connectivity index (χ0) is 20.3.